The first-order chi connectivity index (χ1) is 16.3. The molecule has 2 aromatic heterocycles. The molecule has 0 saturated carbocycles. The van der Waals surface area contributed by atoms with Crippen LogP contribution in [0, 0.1) is 19.3 Å². The smallest absolute Gasteiger partial charge is 0.182 e. The highest BCUT2D eigenvalue weighted by atomic mass is 32.1. The Labute approximate surface area is 204 Å². The van der Waals surface area contributed by atoms with Gasteiger partial charge in [0.2, 0.25) is 0 Å². The molecule has 0 bridgehead atoms. The van der Waals surface area contributed by atoms with Gasteiger partial charge in [0.1, 0.15) is 11.6 Å². The summed E-state index contributed by atoms with van der Waals surface area (Å²) in [5, 5.41) is 21.3. The second-order valence-electron chi connectivity index (χ2n) is 8.26. The maximum Gasteiger partial charge on any atom is 0.182 e. The lowest BCUT2D eigenvalue weighted by molar-refractivity contribution is 0.730. The molecular formula is C26H29N7S. The molecule has 7 nitrogen and oxygen atoms in total. The van der Waals surface area contributed by atoms with Crippen molar-refractivity contribution in [1.82, 2.24) is 20.6 Å². The van der Waals surface area contributed by atoms with E-state index >= 15 is 0 Å². The second-order valence-corrected chi connectivity index (χ2v) is 9.12. The van der Waals surface area contributed by atoms with Crippen LogP contribution in [0.1, 0.15) is 36.2 Å². The van der Waals surface area contributed by atoms with E-state index in [0.29, 0.717) is 18.1 Å². The first kappa shape index (κ1) is 23.4. The van der Waals surface area contributed by atoms with Gasteiger partial charge in [-0.05, 0) is 51.0 Å². The van der Waals surface area contributed by atoms with Gasteiger partial charge in [0.05, 0.1) is 5.69 Å². The molecule has 0 aliphatic carbocycles. The summed E-state index contributed by atoms with van der Waals surface area (Å²) >= 11 is 1.60. The van der Waals surface area contributed by atoms with Crippen LogP contribution in [0.3, 0.4) is 0 Å². The number of nitrogens with one attached hydrogen (secondary N) is 4. The van der Waals surface area contributed by atoms with Gasteiger partial charge in [0.15, 0.2) is 5.13 Å². The topological polar surface area (TPSA) is 98.1 Å². The van der Waals surface area contributed by atoms with Gasteiger partial charge in [-0.15, -0.1) is 11.3 Å². The average Bonchev–Trinajstić information content (AvgIpc) is 3.29. The van der Waals surface area contributed by atoms with Crippen molar-refractivity contribution in [3.63, 3.8) is 0 Å². The molecule has 0 fully saturated rings. The molecule has 1 aliphatic heterocycles. The minimum atomic E-state index is 0.438. The van der Waals surface area contributed by atoms with Gasteiger partial charge >= 0.3 is 0 Å². The minimum Gasteiger partial charge on any atom is -0.367 e. The number of nitrogens with zero attached hydrogens (tertiary/aromatic N) is 3. The Morgan fingerprint density at radius 2 is 1.91 bits per heavy atom. The number of benzene rings is 1. The summed E-state index contributed by atoms with van der Waals surface area (Å²) in [6.45, 7) is 8.40. The van der Waals surface area contributed by atoms with E-state index in [2.05, 4.69) is 55.6 Å². The fraction of sp³-hybridized carbons (Fsp3) is 0.231. The van der Waals surface area contributed by atoms with Gasteiger partial charge in [0.25, 0.3) is 0 Å². The zero-order valence-corrected chi connectivity index (χ0v) is 20.9. The molecule has 0 radical (unpaired) electrons. The highest BCUT2D eigenvalue weighted by Gasteiger charge is 2.18. The fourth-order valence-electron chi connectivity index (χ4n) is 3.80. The molecule has 0 saturated heterocycles. The zero-order chi connectivity index (χ0) is 24.2. The Hall–Kier alpha value is -3.78. The molecule has 1 aromatic carbocycles. The maximum absolute atomic E-state index is 8.41. The molecule has 4 N–H and O–H groups in total. The maximum atomic E-state index is 8.41. The molecule has 0 unspecified atom stereocenters. The largest absolute Gasteiger partial charge is 0.367 e. The van der Waals surface area contributed by atoms with Gasteiger partial charge in [-0.3, -0.25) is 4.98 Å². The number of aliphatic imine (C=N–C) groups is 1. The molecule has 0 atom stereocenters. The highest BCUT2D eigenvalue weighted by Crippen LogP contribution is 2.26. The first-order valence-electron chi connectivity index (χ1n) is 11.1. The van der Waals surface area contributed by atoms with E-state index in [4.69, 9.17) is 10.4 Å². The van der Waals surface area contributed by atoms with E-state index in [1.165, 1.54) is 0 Å². The summed E-state index contributed by atoms with van der Waals surface area (Å²) in [6.07, 6.45) is 3.80. The number of hydrogen-bond acceptors (Lipinski definition) is 8. The van der Waals surface area contributed by atoms with Crippen molar-refractivity contribution < 1.29 is 0 Å². The molecule has 1 aliphatic rings. The van der Waals surface area contributed by atoms with E-state index in [0.717, 1.165) is 55.9 Å². The van der Waals surface area contributed by atoms with Crippen molar-refractivity contribution in [1.29, 1.82) is 5.41 Å². The molecule has 0 amide bonds. The highest BCUT2D eigenvalue weighted by molar-refractivity contribution is 7.14. The first-order valence-corrected chi connectivity index (χ1v) is 12.0. The van der Waals surface area contributed by atoms with Crippen molar-refractivity contribution in [3.8, 4) is 11.3 Å². The SMILES string of the molecule is CNc1nc(-c2ccc(CNC3=CC(C)=N/C(=C(/C(C)=N)c4cnc(C)cc4C)N3)cc2)cs1. The number of anilines is 1. The molecule has 0 spiro atoms. The molecule has 8 heteroatoms. The van der Waals surface area contributed by atoms with Crippen LogP contribution in [0.2, 0.25) is 0 Å². The number of allylic oxidation sites excluding steroid dienone is 2. The second kappa shape index (κ2) is 10.0. The number of pyridine rings is 1. The standard InChI is InChI=1S/C26H29N7S/c1-15-10-16(2)29-13-21(15)24(18(4)27)25-31-17(3)11-23(33-25)30-12-19-6-8-20(9-7-19)22-14-34-26(28-5)32-22/h6-11,13-14,27,30,33H,12H2,1-5H3,(H,28,32)/b25-24+,27-18?. The zero-order valence-electron chi connectivity index (χ0n) is 20.1. The minimum absolute atomic E-state index is 0.438. The van der Waals surface area contributed by atoms with Gasteiger partial charge < -0.3 is 21.4 Å². The van der Waals surface area contributed by atoms with Gasteiger partial charge in [0, 0.05) is 59.0 Å². The number of thiazole rings is 1. The van der Waals surface area contributed by atoms with E-state index in [1.807, 2.05) is 46.2 Å². The van der Waals surface area contributed by atoms with Crippen LogP contribution >= 0.6 is 11.3 Å². The quantitative estimate of drug-likeness (QED) is 0.352. The van der Waals surface area contributed by atoms with Crippen LogP contribution in [0.4, 0.5) is 5.13 Å². The Bertz CT molecular complexity index is 1310. The number of aryl methyl sites for hydroxylation is 2. The van der Waals surface area contributed by atoms with E-state index < -0.39 is 0 Å². The molecule has 34 heavy (non-hydrogen) atoms. The van der Waals surface area contributed by atoms with Crippen LogP contribution < -0.4 is 16.0 Å². The van der Waals surface area contributed by atoms with Crippen molar-refractivity contribution in [3.05, 3.63) is 82.0 Å². The lowest BCUT2D eigenvalue weighted by Gasteiger charge is -2.22. The Balaban J connectivity index is 1.51. The predicted molar refractivity (Wildman–Crippen MR) is 142 cm³/mol. The third-order valence-corrected chi connectivity index (χ3v) is 6.33. The summed E-state index contributed by atoms with van der Waals surface area (Å²) in [5.74, 6) is 1.50. The summed E-state index contributed by atoms with van der Waals surface area (Å²) in [6, 6.07) is 10.4. The van der Waals surface area contributed by atoms with Crippen LogP contribution in [-0.4, -0.2) is 28.4 Å². The lowest BCUT2D eigenvalue weighted by atomic mass is 9.98. The molecular weight excluding hydrogens is 442 g/mol. The Morgan fingerprint density at radius 1 is 1.15 bits per heavy atom. The fourth-order valence-corrected chi connectivity index (χ4v) is 4.48. The number of aromatic nitrogens is 2. The Morgan fingerprint density at radius 3 is 2.56 bits per heavy atom. The van der Waals surface area contributed by atoms with Crippen molar-refractivity contribution in [2.75, 3.05) is 12.4 Å². The third kappa shape index (κ3) is 5.23. The van der Waals surface area contributed by atoms with Gasteiger partial charge in [-0.2, -0.15) is 0 Å². The summed E-state index contributed by atoms with van der Waals surface area (Å²) in [5.41, 5.74) is 8.23. The van der Waals surface area contributed by atoms with Gasteiger partial charge in [-0.25, -0.2) is 9.98 Å². The Kier molecular flexibility index (Phi) is 6.88. The van der Waals surface area contributed by atoms with E-state index in [9.17, 15) is 0 Å². The molecule has 3 heterocycles. The average molecular weight is 472 g/mol. The summed E-state index contributed by atoms with van der Waals surface area (Å²) in [7, 11) is 1.88. The summed E-state index contributed by atoms with van der Waals surface area (Å²) in [4.78, 5) is 13.7. The van der Waals surface area contributed by atoms with Crippen LogP contribution in [0.25, 0.3) is 16.8 Å². The van der Waals surface area contributed by atoms with Crippen molar-refractivity contribution in [2.24, 2.45) is 4.99 Å². The van der Waals surface area contributed by atoms with Crippen LogP contribution in [0.15, 0.2) is 64.6 Å². The lowest BCUT2D eigenvalue weighted by Crippen LogP contribution is -2.30. The monoisotopic (exact) mass is 471 g/mol. The predicted octanol–water partition coefficient (Wildman–Crippen LogP) is 5.27. The van der Waals surface area contributed by atoms with Gasteiger partial charge in [-0.1, -0.05) is 24.3 Å². The summed E-state index contributed by atoms with van der Waals surface area (Å²) < 4.78 is 0. The van der Waals surface area contributed by atoms with Crippen LogP contribution in [-0.2, 0) is 6.54 Å². The van der Waals surface area contributed by atoms with E-state index in [-0.39, 0.29) is 0 Å². The van der Waals surface area contributed by atoms with Crippen molar-refractivity contribution >= 4 is 33.5 Å². The normalized spacial score (nSPS) is 14.6. The number of rotatable bonds is 7. The molecule has 174 valence electrons. The van der Waals surface area contributed by atoms with Crippen molar-refractivity contribution in [2.45, 2.75) is 34.2 Å². The van der Waals surface area contributed by atoms with Crippen LogP contribution in [0.5, 0.6) is 0 Å². The molecule has 3 aromatic rings. The molecule has 4 rings (SSSR count). The number of hydrogen-bond donors (Lipinski definition) is 4. The third-order valence-electron chi connectivity index (χ3n) is 5.47. The van der Waals surface area contributed by atoms with E-state index in [1.54, 1.807) is 18.3 Å².